The highest BCUT2D eigenvalue weighted by molar-refractivity contribution is 4.91. The van der Waals surface area contributed by atoms with E-state index in [2.05, 4.69) is 18.9 Å². The van der Waals surface area contributed by atoms with Crippen LogP contribution in [0.15, 0.2) is 12.7 Å². The van der Waals surface area contributed by atoms with E-state index >= 15 is 0 Å². The van der Waals surface area contributed by atoms with Gasteiger partial charge in [-0.05, 0) is 69.7 Å². The molecule has 4 unspecified atom stereocenters. The van der Waals surface area contributed by atoms with Gasteiger partial charge >= 0.3 is 0 Å². The summed E-state index contributed by atoms with van der Waals surface area (Å²) in [6.07, 6.45) is 16.3. The van der Waals surface area contributed by atoms with Crippen LogP contribution in [0.5, 0.6) is 0 Å². The zero-order chi connectivity index (χ0) is 12.8. The van der Waals surface area contributed by atoms with Crippen LogP contribution >= 0.6 is 0 Å². The molecule has 18 heavy (non-hydrogen) atoms. The standard InChI is InChI=1S/C17H31N/c1-3-4-5-6-7-8-17(18-2)13-16-12-14-9-10-15(16)11-14/h3,14-18H,1,4-13H2,2H3. The van der Waals surface area contributed by atoms with E-state index in [1.54, 1.807) is 12.8 Å². The third-order valence-corrected chi connectivity index (χ3v) is 5.34. The van der Waals surface area contributed by atoms with Gasteiger partial charge in [-0.15, -0.1) is 6.58 Å². The van der Waals surface area contributed by atoms with Crippen molar-refractivity contribution >= 4 is 0 Å². The molecule has 0 spiro atoms. The van der Waals surface area contributed by atoms with Gasteiger partial charge < -0.3 is 5.32 Å². The Labute approximate surface area is 113 Å². The van der Waals surface area contributed by atoms with Crippen LogP contribution in [0, 0.1) is 17.8 Å². The summed E-state index contributed by atoms with van der Waals surface area (Å²) in [5, 5.41) is 3.56. The first-order valence-corrected chi connectivity index (χ1v) is 8.11. The van der Waals surface area contributed by atoms with Crippen molar-refractivity contribution in [3.8, 4) is 0 Å². The van der Waals surface area contributed by atoms with Crippen LogP contribution in [0.25, 0.3) is 0 Å². The van der Waals surface area contributed by atoms with Gasteiger partial charge in [-0.1, -0.05) is 25.3 Å². The summed E-state index contributed by atoms with van der Waals surface area (Å²) in [7, 11) is 2.15. The van der Waals surface area contributed by atoms with E-state index in [4.69, 9.17) is 0 Å². The molecular formula is C17H31N. The molecule has 2 rings (SSSR count). The zero-order valence-electron chi connectivity index (χ0n) is 12.2. The maximum absolute atomic E-state index is 3.79. The molecule has 4 atom stereocenters. The number of allylic oxidation sites excluding steroid dienone is 1. The van der Waals surface area contributed by atoms with Gasteiger partial charge in [0.05, 0.1) is 0 Å². The van der Waals surface area contributed by atoms with Gasteiger partial charge in [-0.3, -0.25) is 0 Å². The summed E-state index contributed by atoms with van der Waals surface area (Å²) in [4.78, 5) is 0. The third-order valence-electron chi connectivity index (χ3n) is 5.34. The molecule has 0 aromatic heterocycles. The van der Waals surface area contributed by atoms with E-state index in [1.807, 2.05) is 6.08 Å². The number of unbranched alkanes of at least 4 members (excludes halogenated alkanes) is 3. The van der Waals surface area contributed by atoms with Crippen LogP contribution in [0.4, 0.5) is 0 Å². The minimum atomic E-state index is 0.776. The van der Waals surface area contributed by atoms with E-state index in [0.717, 1.165) is 23.8 Å². The molecule has 1 nitrogen and oxygen atoms in total. The maximum Gasteiger partial charge on any atom is 0.00668 e. The molecule has 104 valence electrons. The number of rotatable bonds is 9. The Hall–Kier alpha value is -0.300. The molecule has 1 N–H and O–H groups in total. The van der Waals surface area contributed by atoms with Gasteiger partial charge in [-0.2, -0.15) is 0 Å². The minimum absolute atomic E-state index is 0.776. The number of hydrogen-bond donors (Lipinski definition) is 1. The fourth-order valence-corrected chi connectivity index (χ4v) is 4.27. The topological polar surface area (TPSA) is 12.0 Å². The monoisotopic (exact) mass is 249 g/mol. The van der Waals surface area contributed by atoms with Gasteiger partial charge in [0.25, 0.3) is 0 Å². The summed E-state index contributed by atoms with van der Waals surface area (Å²) in [6.45, 7) is 3.79. The van der Waals surface area contributed by atoms with Crippen LogP contribution in [-0.2, 0) is 0 Å². The number of nitrogens with one attached hydrogen (secondary N) is 1. The largest absolute Gasteiger partial charge is 0.317 e. The Morgan fingerprint density at radius 2 is 2.11 bits per heavy atom. The second kappa shape index (κ2) is 7.33. The lowest BCUT2D eigenvalue weighted by Crippen LogP contribution is -2.29. The van der Waals surface area contributed by atoms with Crippen LogP contribution in [0.2, 0.25) is 0 Å². The lowest BCUT2D eigenvalue weighted by atomic mass is 9.83. The lowest BCUT2D eigenvalue weighted by Gasteiger charge is -2.26. The van der Waals surface area contributed by atoms with Crippen molar-refractivity contribution in [3.05, 3.63) is 12.7 Å². The zero-order valence-corrected chi connectivity index (χ0v) is 12.2. The Morgan fingerprint density at radius 1 is 1.22 bits per heavy atom. The Kier molecular flexibility index (Phi) is 5.75. The highest BCUT2D eigenvalue weighted by Gasteiger charge is 2.39. The first-order valence-electron chi connectivity index (χ1n) is 8.11. The SMILES string of the molecule is C=CCCCCCC(CC1CC2CCC1C2)NC. The van der Waals surface area contributed by atoms with Crippen molar-refractivity contribution in [1.82, 2.24) is 5.32 Å². The highest BCUT2D eigenvalue weighted by Crippen LogP contribution is 2.50. The van der Waals surface area contributed by atoms with Gasteiger partial charge in [0.2, 0.25) is 0 Å². The van der Waals surface area contributed by atoms with E-state index in [-0.39, 0.29) is 0 Å². The molecule has 2 saturated carbocycles. The highest BCUT2D eigenvalue weighted by atomic mass is 14.9. The van der Waals surface area contributed by atoms with Crippen LogP contribution in [0.3, 0.4) is 0 Å². The van der Waals surface area contributed by atoms with Crippen molar-refractivity contribution in [2.24, 2.45) is 17.8 Å². The first kappa shape index (κ1) is 14.1. The molecule has 0 aromatic rings. The minimum Gasteiger partial charge on any atom is -0.317 e. The second-order valence-corrected chi connectivity index (χ2v) is 6.58. The van der Waals surface area contributed by atoms with Crippen molar-refractivity contribution in [3.63, 3.8) is 0 Å². The van der Waals surface area contributed by atoms with E-state index in [0.29, 0.717) is 0 Å². The molecule has 2 fully saturated rings. The first-order chi connectivity index (χ1) is 8.83. The summed E-state index contributed by atoms with van der Waals surface area (Å²) >= 11 is 0. The van der Waals surface area contributed by atoms with Gasteiger partial charge in [0, 0.05) is 6.04 Å². The number of fused-ring (bicyclic) bond motifs is 2. The third kappa shape index (κ3) is 3.85. The summed E-state index contributed by atoms with van der Waals surface area (Å²) in [5.74, 6) is 3.24. The maximum atomic E-state index is 3.79. The Morgan fingerprint density at radius 3 is 2.72 bits per heavy atom. The predicted octanol–water partition coefficient (Wildman–Crippen LogP) is 4.54. The fourth-order valence-electron chi connectivity index (χ4n) is 4.27. The van der Waals surface area contributed by atoms with Gasteiger partial charge in [0.1, 0.15) is 0 Å². The fraction of sp³-hybridized carbons (Fsp3) is 0.882. The molecule has 0 radical (unpaired) electrons. The summed E-state index contributed by atoms with van der Waals surface area (Å²) in [6, 6.07) is 0.776. The molecule has 0 saturated heterocycles. The molecule has 2 aliphatic rings. The van der Waals surface area contributed by atoms with Crippen LogP contribution < -0.4 is 5.32 Å². The van der Waals surface area contributed by atoms with Crippen molar-refractivity contribution in [2.45, 2.75) is 70.3 Å². The van der Waals surface area contributed by atoms with Crippen LogP contribution in [-0.4, -0.2) is 13.1 Å². The quantitative estimate of drug-likeness (QED) is 0.467. The average molecular weight is 249 g/mol. The normalized spacial score (nSPS) is 31.7. The molecule has 0 aliphatic heterocycles. The summed E-state index contributed by atoms with van der Waals surface area (Å²) < 4.78 is 0. The summed E-state index contributed by atoms with van der Waals surface area (Å²) in [5.41, 5.74) is 0. The molecule has 1 heteroatoms. The molecule has 0 heterocycles. The lowest BCUT2D eigenvalue weighted by molar-refractivity contribution is 0.274. The van der Waals surface area contributed by atoms with E-state index in [1.165, 1.54) is 51.4 Å². The van der Waals surface area contributed by atoms with Crippen molar-refractivity contribution in [1.29, 1.82) is 0 Å². The Balaban J connectivity index is 1.61. The molecular weight excluding hydrogens is 218 g/mol. The van der Waals surface area contributed by atoms with Crippen LogP contribution in [0.1, 0.15) is 64.2 Å². The molecule has 2 aliphatic carbocycles. The Bertz CT molecular complexity index is 248. The smallest absolute Gasteiger partial charge is 0.00668 e. The van der Waals surface area contributed by atoms with E-state index in [9.17, 15) is 0 Å². The average Bonchev–Trinajstić information content (AvgIpc) is 2.99. The molecule has 0 aromatic carbocycles. The number of hydrogen-bond acceptors (Lipinski definition) is 1. The molecule has 2 bridgehead atoms. The van der Waals surface area contributed by atoms with Gasteiger partial charge in [-0.25, -0.2) is 0 Å². The molecule has 0 amide bonds. The van der Waals surface area contributed by atoms with Crippen molar-refractivity contribution < 1.29 is 0 Å². The van der Waals surface area contributed by atoms with Gasteiger partial charge in [0.15, 0.2) is 0 Å². The second-order valence-electron chi connectivity index (χ2n) is 6.58. The van der Waals surface area contributed by atoms with Crippen molar-refractivity contribution in [2.75, 3.05) is 7.05 Å². The predicted molar refractivity (Wildman–Crippen MR) is 79.7 cm³/mol. The van der Waals surface area contributed by atoms with E-state index < -0.39 is 0 Å².